The van der Waals surface area contributed by atoms with Crippen molar-refractivity contribution in [2.45, 2.75) is 66.2 Å². The topological polar surface area (TPSA) is 74.6 Å². The van der Waals surface area contributed by atoms with Gasteiger partial charge < -0.3 is 10.2 Å². The lowest BCUT2D eigenvalue weighted by Crippen LogP contribution is -2.33. The maximum Gasteiger partial charge on any atom is 0.163 e. The average molecular weight is 383 g/mol. The molecular weight excluding hydrogens is 352 g/mol. The minimum absolute atomic E-state index is 0.0330. The zero-order chi connectivity index (χ0) is 20.9. The Bertz CT molecular complexity index is 847. The molecule has 0 spiro atoms. The number of ketones is 2. The normalized spacial score (nSPS) is 22.2. The lowest BCUT2D eigenvalue weighted by Gasteiger charge is -2.36. The maximum atomic E-state index is 13.1. The van der Waals surface area contributed by atoms with E-state index in [1.807, 2.05) is 58.9 Å². The van der Waals surface area contributed by atoms with Crippen molar-refractivity contribution in [3.63, 3.8) is 0 Å². The number of hydrogen-bond acceptors (Lipinski definition) is 4. The molecule has 0 saturated carbocycles. The van der Waals surface area contributed by atoms with Crippen molar-refractivity contribution >= 4 is 11.6 Å². The van der Waals surface area contributed by atoms with E-state index in [4.69, 9.17) is 0 Å². The molecule has 0 fully saturated rings. The van der Waals surface area contributed by atoms with Crippen molar-refractivity contribution in [3.8, 4) is 0 Å². The molecule has 0 saturated heterocycles. The molecule has 0 amide bonds. The van der Waals surface area contributed by atoms with E-state index < -0.39 is 5.92 Å². The minimum Gasteiger partial charge on any atom is -0.512 e. The fourth-order valence-corrected chi connectivity index (χ4v) is 4.59. The number of carbonyl (C=O) groups excluding carboxylic acids is 2. The Morgan fingerprint density at radius 1 is 0.821 bits per heavy atom. The van der Waals surface area contributed by atoms with Gasteiger partial charge in [0.15, 0.2) is 11.6 Å². The van der Waals surface area contributed by atoms with Crippen LogP contribution in [0.25, 0.3) is 0 Å². The first-order chi connectivity index (χ1) is 12.9. The predicted molar refractivity (Wildman–Crippen MR) is 109 cm³/mol. The fourth-order valence-electron chi connectivity index (χ4n) is 4.59. The second-order valence-corrected chi connectivity index (χ2v) is 9.95. The third-order valence-corrected chi connectivity index (χ3v) is 5.75. The van der Waals surface area contributed by atoms with E-state index in [1.54, 1.807) is 0 Å². The van der Waals surface area contributed by atoms with Gasteiger partial charge in [-0.3, -0.25) is 9.59 Å². The summed E-state index contributed by atoms with van der Waals surface area (Å²) in [6.07, 6.45) is 1.37. The van der Waals surface area contributed by atoms with Gasteiger partial charge in [-0.25, -0.2) is 0 Å². The number of allylic oxidation sites excluding steroid dienone is 4. The molecule has 0 aliphatic heterocycles. The largest absolute Gasteiger partial charge is 0.512 e. The lowest BCUT2D eigenvalue weighted by atomic mass is 9.67. The molecule has 0 unspecified atom stereocenters. The van der Waals surface area contributed by atoms with Gasteiger partial charge in [0.1, 0.15) is 11.5 Å². The van der Waals surface area contributed by atoms with Crippen LogP contribution in [0.5, 0.6) is 0 Å². The molecule has 0 aromatic heterocycles. The van der Waals surface area contributed by atoms with Crippen molar-refractivity contribution in [1.82, 2.24) is 0 Å². The van der Waals surface area contributed by atoms with Crippen LogP contribution in [0.3, 0.4) is 0 Å². The summed E-state index contributed by atoms with van der Waals surface area (Å²) in [5.41, 5.74) is 1.63. The standard InChI is InChI=1S/C24H30O4/c1-14-7-6-8-15(9-14)20(21-16(25)10-23(2,3)11-17(21)26)22-18(27)12-24(4,5)13-19(22)28/h6-9,20,25,27H,10-13H2,1-5H3. The van der Waals surface area contributed by atoms with Gasteiger partial charge in [-0.15, -0.1) is 0 Å². The third kappa shape index (κ3) is 3.91. The van der Waals surface area contributed by atoms with Crippen LogP contribution in [0.4, 0.5) is 0 Å². The van der Waals surface area contributed by atoms with Crippen LogP contribution in [-0.4, -0.2) is 21.8 Å². The molecule has 1 aromatic rings. The third-order valence-electron chi connectivity index (χ3n) is 5.75. The van der Waals surface area contributed by atoms with Gasteiger partial charge in [-0.05, 0) is 23.3 Å². The highest BCUT2D eigenvalue weighted by Gasteiger charge is 2.43. The molecule has 0 heterocycles. The summed E-state index contributed by atoms with van der Waals surface area (Å²) in [6, 6.07) is 7.60. The van der Waals surface area contributed by atoms with Crippen LogP contribution in [0.1, 0.15) is 70.4 Å². The number of benzene rings is 1. The number of aliphatic hydroxyl groups excluding tert-OH is 2. The van der Waals surface area contributed by atoms with Gasteiger partial charge in [0.25, 0.3) is 0 Å². The predicted octanol–water partition coefficient (Wildman–Crippen LogP) is 5.48. The van der Waals surface area contributed by atoms with Crippen molar-refractivity contribution in [2.75, 3.05) is 0 Å². The SMILES string of the molecule is Cc1cccc(C(C2=C(O)CC(C)(C)CC2=O)C2=C(O)CC(C)(C)CC2=O)c1. The molecule has 150 valence electrons. The van der Waals surface area contributed by atoms with E-state index in [2.05, 4.69) is 0 Å². The summed E-state index contributed by atoms with van der Waals surface area (Å²) >= 11 is 0. The first-order valence-corrected chi connectivity index (χ1v) is 9.87. The van der Waals surface area contributed by atoms with Gasteiger partial charge in [0, 0.05) is 42.7 Å². The number of aliphatic hydroxyl groups is 2. The number of Topliss-reactive ketones (excluding diaryl/α,β-unsaturated/α-hetero) is 2. The number of aryl methyl sites for hydroxylation is 1. The molecule has 2 aliphatic rings. The van der Waals surface area contributed by atoms with Crippen LogP contribution in [0.15, 0.2) is 46.9 Å². The molecule has 2 aliphatic carbocycles. The molecule has 4 heteroatoms. The molecule has 0 radical (unpaired) electrons. The van der Waals surface area contributed by atoms with E-state index in [-0.39, 0.29) is 45.1 Å². The van der Waals surface area contributed by atoms with Crippen LogP contribution < -0.4 is 0 Å². The Hall–Kier alpha value is -2.36. The van der Waals surface area contributed by atoms with Crippen LogP contribution in [0.2, 0.25) is 0 Å². The highest BCUT2D eigenvalue weighted by molar-refractivity contribution is 6.05. The van der Waals surface area contributed by atoms with E-state index in [0.717, 1.165) is 11.1 Å². The van der Waals surface area contributed by atoms with Gasteiger partial charge in [0.05, 0.1) is 0 Å². The van der Waals surface area contributed by atoms with Crippen molar-refractivity contribution in [1.29, 1.82) is 0 Å². The van der Waals surface area contributed by atoms with Crippen LogP contribution in [0, 0.1) is 17.8 Å². The van der Waals surface area contributed by atoms with Crippen LogP contribution >= 0.6 is 0 Å². The second-order valence-electron chi connectivity index (χ2n) is 9.95. The smallest absolute Gasteiger partial charge is 0.163 e. The highest BCUT2D eigenvalue weighted by Crippen LogP contribution is 2.47. The average Bonchev–Trinajstić information content (AvgIpc) is 2.49. The van der Waals surface area contributed by atoms with Gasteiger partial charge >= 0.3 is 0 Å². The molecule has 3 rings (SSSR count). The first-order valence-electron chi connectivity index (χ1n) is 9.87. The monoisotopic (exact) mass is 382 g/mol. The van der Waals surface area contributed by atoms with Crippen molar-refractivity contribution in [3.05, 3.63) is 58.1 Å². The van der Waals surface area contributed by atoms with E-state index in [9.17, 15) is 19.8 Å². The number of rotatable bonds is 3. The Morgan fingerprint density at radius 3 is 1.68 bits per heavy atom. The first kappa shape index (κ1) is 20.4. The Balaban J connectivity index is 2.23. The van der Waals surface area contributed by atoms with E-state index in [0.29, 0.717) is 25.7 Å². The summed E-state index contributed by atoms with van der Waals surface area (Å²) in [5, 5.41) is 21.7. The highest BCUT2D eigenvalue weighted by atomic mass is 16.3. The summed E-state index contributed by atoms with van der Waals surface area (Å²) in [6.45, 7) is 9.74. The summed E-state index contributed by atoms with van der Waals surface area (Å²) in [5.74, 6) is -0.972. The zero-order valence-electron chi connectivity index (χ0n) is 17.4. The molecular formula is C24H30O4. The van der Waals surface area contributed by atoms with E-state index in [1.165, 1.54) is 0 Å². The Kier molecular flexibility index (Phi) is 5.03. The van der Waals surface area contributed by atoms with Crippen molar-refractivity contribution in [2.24, 2.45) is 10.8 Å². The van der Waals surface area contributed by atoms with Gasteiger partial charge in [0.2, 0.25) is 0 Å². The lowest BCUT2D eigenvalue weighted by molar-refractivity contribution is -0.119. The molecule has 4 nitrogen and oxygen atoms in total. The van der Waals surface area contributed by atoms with Crippen molar-refractivity contribution < 1.29 is 19.8 Å². The molecule has 2 N–H and O–H groups in total. The maximum absolute atomic E-state index is 13.1. The Morgan fingerprint density at radius 2 is 1.29 bits per heavy atom. The zero-order valence-corrected chi connectivity index (χ0v) is 17.4. The number of hydrogen-bond donors (Lipinski definition) is 2. The molecule has 0 bridgehead atoms. The molecule has 28 heavy (non-hydrogen) atoms. The molecule has 0 atom stereocenters. The van der Waals surface area contributed by atoms with E-state index >= 15 is 0 Å². The Labute approximate surface area is 167 Å². The summed E-state index contributed by atoms with van der Waals surface area (Å²) < 4.78 is 0. The summed E-state index contributed by atoms with van der Waals surface area (Å²) in [7, 11) is 0. The van der Waals surface area contributed by atoms with Gasteiger partial charge in [-0.2, -0.15) is 0 Å². The van der Waals surface area contributed by atoms with Gasteiger partial charge in [-0.1, -0.05) is 57.5 Å². The summed E-state index contributed by atoms with van der Waals surface area (Å²) in [4.78, 5) is 26.1. The fraction of sp³-hybridized carbons (Fsp3) is 0.500. The van der Waals surface area contributed by atoms with Crippen LogP contribution in [-0.2, 0) is 9.59 Å². The number of carbonyl (C=O) groups is 2. The minimum atomic E-state index is -0.730. The quantitative estimate of drug-likeness (QED) is 0.726. The second kappa shape index (κ2) is 6.91. The molecule has 1 aromatic carbocycles.